The summed E-state index contributed by atoms with van der Waals surface area (Å²) in [6, 6.07) is 24.0. The number of thioether (sulfide) groups is 1. The van der Waals surface area contributed by atoms with Crippen molar-refractivity contribution in [1.29, 1.82) is 0 Å². The first-order valence-corrected chi connectivity index (χ1v) is 14.0. The first kappa shape index (κ1) is 27.4. The van der Waals surface area contributed by atoms with Crippen LogP contribution in [0.2, 0.25) is 5.02 Å². The van der Waals surface area contributed by atoms with Crippen molar-refractivity contribution >= 4 is 53.1 Å². The fraction of sp³-hybridized carbons (Fsp3) is 0.167. The van der Waals surface area contributed by atoms with Gasteiger partial charge in [-0.2, -0.15) is 0 Å². The first-order valence-electron chi connectivity index (χ1n) is 12.6. The fourth-order valence-electron chi connectivity index (χ4n) is 4.46. The second kappa shape index (κ2) is 12.3. The number of likely N-dealkylation sites (N-methyl/N-ethyl adjacent to an activating group) is 1. The average Bonchev–Trinajstić information content (AvgIpc) is 3.23. The number of rotatable bonds is 11. The lowest BCUT2D eigenvalue weighted by Crippen LogP contribution is -2.37. The summed E-state index contributed by atoms with van der Waals surface area (Å²) in [6.45, 7) is 0.704. The first-order chi connectivity index (χ1) is 19.5. The Balaban J connectivity index is 1.38. The Hall–Kier alpha value is -4.21. The third-order valence-electron chi connectivity index (χ3n) is 6.56. The largest absolute Gasteiger partial charge is 0.357 e. The molecule has 0 saturated heterocycles. The van der Waals surface area contributed by atoms with Crippen LogP contribution in [0.4, 0.5) is 11.5 Å². The molecule has 0 atom stereocenters. The number of hydrogen-bond acceptors (Lipinski definition) is 7. The van der Waals surface area contributed by atoms with Crippen molar-refractivity contribution in [3.63, 3.8) is 0 Å². The molecule has 1 aliphatic rings. The molecule has 0 spiro atoms. The van der Waals surface area contributed by atoms with E-state index < -0.39 is 0 Å². The van der Waals surface area contributed by atoms with E-state index >= 15 is 0 Å². The summed E-state index contributed by atoms with van der Waals surface area (Å²) in [5.41, 5.74) is 3.24. The number of amides is 3. The normalized spacial score (nSPS) is 12.4. The van der Waals surface area contributed by atoms with Crippen LogP contribution in [0.15, 0.2) is 90.2 Å². The predicted octanol–water partition coefficient (Wildman–Crippen LogP) is 5.32. The van der Waals surface area contributed by atoms with Gasteiger partial charge in [-0.3, -0.25) is 19.3 Å². The quantitative estimate of drug-likeness (QED) is 0.104. The van der Waals surface area contributed by atoms with E-state index in [2.05, 4.69) is 4.98 Å². The second-order valence-electron chi connectivity index (χ2n) is 9.19. The van der Waals surface area contributed by atoms with Gasteiger partial charge in [-0.25, -0.2) is 9.97 Å². The summed E-state index contributed by atoms with van der Waals surface area (Å²) in [7, 11) is 1.84. The lowest BCUT2D eigenvalue weighted by Gasteiger charge is -2.26. The summed E-state index contributed by atoms with van der Waals surface area (Å²) >= 11 is 7.87. The molecule has 10 heteroatoms. The van der Waals surface area contributed by atoms with E-state index in [-0.39, 0.29) is 24.9 Å². The third kappa shape index (κ3) is 5.85. The Morgan fingerprint density at radius 3 is 2.25 bits per heavy atom. The summed E-state index contributed by atoms with van der Waals surface area (Å²) in [6.07, 6.45) is 2.43. The number of carbonyl (C=O) groups is 3. The Morgan fingerprint density at radius 2 is 1.57 bits per heavy atom. The Morgan fingerprint density at radius 1 is 0.925 bits per heavy atom. The number of fused-ring (bicyclic) bond motifs is 1. The van der Waals surface area contributed by atoms with Gasteiger partial charge in [-0.15, -0.1) is 0 Å². The topological polar surface area (TPSA) is 86.7 Å². The van der Waals surface area contributed by atoms with Crippen molar-refractivity contribution in [3.05, 3.63) is 112 Å². The molecule has 5 rings (SSSR count). The maximum atomic E-state index is 12.9. The van der Waals surface area contributed by atoms with Gasteiger partial charge in [0.05, 0.1) is 28.4 Å². The van der Waals surface area contributed by atoms with E-state index in [1.54, 1.807) is 48.7 Å². The number of halogens is 1. The van der Waals surface area contributed by atoms with Crippen molar-refractivity contribution < 1.29 is 14.4 Å². The lowest BCUT2D eigenvalue weighted by atomic mass is 10.1. The molecule has 3 amide bonds. The molecule has 0 bridgehead atoms. The SMILES string of the molecule is CN(CCN1C(=O)c2ccccc2C1=O)c1nc(SCc2ccccc2)ncc1CN(C=O)c1ccccc1Cl. The van der Waals surface area contributed by atoms with E-state index in [0.29, 0.717) is 50.7 Å². The molecule has 0 aliphatic carbocycles. The highest BCUT2D eigenvalue weighted by Crippen LogP contribution is 2.29. The summed E-state index contributed by atoms with van der Waals surface area (Å²) in [5.74, 6) is 0.683. The molecule has 1 aliphatic heterocycles. The zero-order chi connectivity index (χ0) is 28.1. The Kier molecular flexibility index (Phi) is 8.42. The van der Waals surface area contributed by atoms with Crippen molar-refractivity contribution in [1.82, 2.24) is 14.9 Å². The fourth-order valence-corrected chi connectivity index (χ4v) is 5.47. The molecule has 0 unspecified atom stereocenters. The molecular formula is C30H26ClN5O3S. The molecule has 2 heterocycles. The van der Waals surface area contributed by atoms with E-state index in [0.717, 1.165) is 12.0 Å². The van der Waals surface area contributed by atoms with Gasteiger partial charge in [-0.1, -0.05) is 78.0 Å². The minimum Gasteiger partial charge on any atom is -0.357 e. The van der Waals surface area contributed by atoms with Crippen LogP contribution in [0.5, 0.6) is 0 Å². The number of benzene rings is 3. The van der Waals surface area contributed by atoms with E-state index in [4.69, 9.17) is 16.6 Å². The maximum absolute atomic E-state index is 12.9. The Labute approximate surface area is 241 Å². The van der Waals surface area contributed by atoms with Crippen LogP contribution in [0, 0.1) is 0 Å². The van der Waals surface area contributed by atoms with Gasteiger partial charge in [0.2, 0.25) is 6.41 Å². The molecule has 1 aromatic heterocycles. The van der Waals surface area contributed by atoms with E-state index in [9.17, 15) is 14.4 Å². The van der Waals surface area contributed by atoms with E-state index in [1.807, 2.05) is 48.3 Å². The van der Waals surface area contributed by atoms with Crippen molar-refractivity contribution in [3.8, 4) is 0 Å². The second-order valence-corrected chi connectivity index (χ2v) is 10.5. The number of carbonyl (C=O) groups excluding carboxylic acids is 3. The molecule has 4 aromatic rings. The molecule has 3 aromatic carbocycles. The minimum absolute atomic E-state index is 0.181. The van der Waals surface area contributed by atoms with Crippen LogP contribution in [0.25, 0.3) is 0 Å². The van der Waals surface area contributed by atoms with Crippen LogP contribution < -0.4 is 9.80 Å². The Bertz CT molecular complexity index is 1520. The number of aromatic nitrogens is 2. The smallest absolute Gasteiger partial charge is 0.261 e. The summed E-state index contributed by atoms with van der Waals surface area (Å²) < 4.78 is 0. The monoisotopic (exact) mass is 571 g/mol. The van der Waals surface area contributed by atoms with Crippen molar-refractivity contribution in [2.45, 2.75) is 17.5 Å². The van der Waals surface area contributed by atoms with Crippen molar-refractivity contribution in [2.75, 3.05) is 29.9 Å². The number of anilines is 2. The van der Waals surface area contributed by atoms with E-state index in [1.165, 1.54) is 21.6 Å². The van der Waals surface area contributed by atoms with Gasteiger partial charge in [-0.05, 0) is 29.8 Å². The standard InChI is InChI=1S/C30H26ClN5O3S/c1-34(15-16-36-28(38)23-11-5-6-12-24(23)29(36)39)27-22(18-35(20-37)26-14-8-7-13-25(26)31)17-32-30(33-27)40-19-21-9-3-2-4-10-21/h2-14,17,20H,15-16,18-19H2,1H3. The molecule has 0 saturated carbocycles. The minimum atomic E-state index is -0.304. The highest BCUT2D eigenvalue weighted by atomic mass is 35.5. The van der Waals surface area contributed by atoms with Crippen LogP contribution in [0.1, 0.15) is 31.8 Å². The number of imide groups is 1. The van der Waals surface area contributed by atoms with Gasteiger partial charge >= 0.3 is 0 Å². The summed E-state index contributed by atoms with van der Waals surface area (Å²) in [5, 5.41) is 1.02. The van der Waals surface area contributed by atoms with Gasteiger partial charge < -0.3 is 9.80 Å². The van der Waals surface area contributed by atoms with Crippen LogP contribution in [-0.4, -0.2) is 53.2 Å². The van der Waals surface area contributed by atoms with Crippen LogP contribution >= 0.6 is 23.4 Å². The molecule has 202 valence electrons. The van der Waals surface area contributed by atoms with Gasteiger partial charge in [0, 0.05) is 37.7 Å². The lowest BCUT2D eigenvalue weighted by molar-refractivity contribution is -0.107. The average molecular weight is 572 g/mol. The number of hydrogen-bond donors (Lipinski definition) is 0. The summed E-state index contributed by atoms with van der Waals surface area (Å²) in [4.78, 5) is 51.8. The number of para-hydroxylation sites is 1. The zero-order valence-electron chi connectivity index (χ0n) is 21.7. The molecule has 8 nitrogen and oxygen atoms in total. The van der Waals surface area contributed by atoms with Gasteiger partial charge in [0.25, 0.3) is 11.8 Å². The van der Waals surface area contributed by atoms with Gasteiger partial charge in [0.15, 0.2) is 5.16 Å². The third-order valence-corrected chi connectivity index (χ3v) is 7.81. The predicted molar refractivity (Wildman–Crippen MR) is 157 cm³/mol. The highest BCUT2D eigenvalue weighted by Gasteiger charge is 2.35. The highest BCUT2D eigenvalue weighted by molar-refractivity contribution is 7.98. The molecule has 0 radical (unpaired) electrons. The molecule has 40 heavy (non-hydrogen) atoms. The molecule has 0 fully saturated rings. The van der Waals surface area contributed by atoms with Gasteiger partial charge in [0.1, 0.15) is 5.82 Å². The number of nitrogens with zero attached hydrogens (tertiary/aromatic N) is 5. The van der Waals surface area contributed by atoms with Crippen molar-refractivity contribution in [2.24, 2.45) is 0 Å². The van der Waals surface area contributed by atoms with Crippen LogP contribution in [0.3, 0.4) is 0 Å². The zero-order valence-corrected chi connectivity index (χ0v) is 23.3. The van der Waals surface area contributed by atoms with Crippen LogP contribution in [-0.2, 0) is 17.1 Å². The molecular weight excluding hydrogens is 546 g/mol. The molecule has 0 N–H and O–H groups in total. The maximum Gasteiger partial charge on any atom is 0.261 e.